The molecule has 0 aromatic rings. The minimum atomic E-state index is -3.71. The molecule has 0 saturated heterocycles. The van der Waals surface area contributed by atoms with E-state index in [1.807, 2.05) is 0 Å². The molecular formula is C10H20O5S. The van der Waals surface area contributed by atoms with Gasteiger partial charge in [-0.05, 0) is 34.6 Å². The van der Waals surface area contributed by atoms with E-state index in [4.69, 9.17) is 9.84 Å². The number of ether oxygens (including phenoxy) is 1. The van der Waals surface area contributed by atoms with E-state index in [1.54, 1.807) is 20.8 Å². The van der Waals surface area contributed by atoms with Crippen LogP contribution in [0.5, 0.6) is 0 Å². The molecule has 0 atom stereocenters. The lowest BCUT2D eigenvalue weighted by molar-refractivity contribution is -0.151. The van der Waals surface area contributed by atoms with Crippen LogP contribution >= 0.6 is 0 Å². The minimum Gasteiger partial charge on any atom is -0.459 e. The molecule has 0 aliphatic heterocycles. The maximum Gasteiger partial charge on any atom is 0.321 e. The summed E-state index contributed by atoms with van der Waals surface area (Å²) in [6.45, 7) is 7.19. The Morgan fingerprint density at radius 2 is 1.62 bits per heavy atom. The SMILES string of the molecule is CC(C)(C)OC(=O)CS(=O)(=O)C(C)(C)CO. The van der Waals surface area contributed by atoms with Gasteiger partial charge in [0, 0.05) is 0 Å². The smallest absolute Gasteiger partial charge is 0.321 e. The summed E-state index contributed by atoms with van der Waals surface area (Å²) in [7, 11) is -3.71. The van der Waals surface area contributed by atoms with Crippen molar-refractivity contribution in [3.63, 3.8) is 0 Å². The van der Waals surface area contributed by atoms with E-state index >= 15 is 0 Å². The van der Waals surface area contributed by atoms with E-state index in [0.29, 0.717) is 0 Å². The van der Waals surface area contributed by atoms with Gasteiger partial charge in [-0.3, -0.25) is 4.79 Å². The van der Waals surface area contributed by atoms with Crippen LogP contribution in [0.15, 0.2) is 0 Å². The molecule has 0 aromatic carbocycles. The lowest BCUT2D eigenvalue weighted by Crippen LogP contribution is -2.41. The molecule has 1 N–H and O–H groups in total. The van der Waals surface area contributed by atoms with Gasteiger partial charge in [-0.2, -0.15) is 0 Å². The third-order valence-corrected chi connectivity index (χ3v) is 4.38. The number of hydrogen-bond acceptors (Lipinski definition) is 5. The Hall–Kier alpha value is -0.620. The first-order chi connectivity index (χ1) is 6.91. The van der Waals surface area contributed by atoms with Crippen molar-refractivity contribution in [2.24, 2.45) is 0 Å². The Morgan fingerprint density at radius 3 is 1.94 bits per heavy atom. The van der Waals surface area contributed by atoms with Crippen LogP contribution in [-0.2, 0) is 19.4 Å². The molecule has 0 unspecified atom stereocenters. The molecule has 0 spiro atoms. The van der Waals surface area contributed by atoms with Crippen LogP contribution < -0.4 is 0 Å². The third kappa shape index (κ3) is 4.49. The van der Waals surface area contributed by atoms with Gasteiger partial charge in [0.15, 0.2) is 9.84 Å². The molecule has 0 rings (SSSR count). The molecule has 0 amide bonds. The zero-order chi connectivity index (χ0) is 13.2. The average Bonchev–Trinajstić information content (AvgIpc) is 1.98. The molecule has 0 aliphatic rings. The Morgan fingerprint density at radius 1 is 1.19 bits per heavy atom. The molecule has 0 aromatic heterocycles. The van der Waals surface area contributed by atoms with Gasteiger partial charge in [0.1, 0.15) is 11.4 Å². The predicted molar refractivity (Wildman–Crippen MR) is 60.8 cm³/mol. The third-order valence-electron chi connectivity index (χ3n) is 1.95. The highest BCUT2D eigenvalue weighted by Gasteiger charge is 2.36. The monoisotopic (exact) mass is 252 g/mol. The summed E-state index contributed by atoms with van der Waals surface area (Å²) in [5.41, 5.74) is -0.712. The van der Waals surface area contributed by atoms with E-state index in [1.165, 1.54) is 13.8 Å². The molecule has 6 heteroatoms. The molecule has 0 aliphatic carbocycles. The van der Waals surface area contributed by atoms with E-state index in [2.05, 4.69) is 0 Å². The zero-order valence-corrected chi connectivity index (χ0v) is 11.2. The normalized spacial score (nSPS) is 13.6. The number of sulfone groups is 1. The minimum absolute atomic E-state index is 0.530. The summed E-state index contributed by atoms with van der Waals surface area (Å²) in [5.74, 6) is -1.51. The van der Waals surface area contributed by atoms with Crippen LogP contribution in [-0.4, -0.2) is 42.2 Å². The van der Waals surface area contributed by atoms with Gasteiger partial charge in [-0.1, -0.05) is 0 Å². The predicted octanol–water partition coefficient (Wildman–Crippen LogP) is 0.514. The van der Waals surface area contributed by atoms with Gasteiger partial charge in [-0.15, -0.1) is 0 Å². The summed E-state index contributed by atoms with van der Waals surface area (Å²) in [6, 6.07) is 0. The fourth-order valence-electron chi connectivity index (χ4n) is 0.820. The lowest BCUT2D eigenvalue weighted by Gasteiger charge is -2.24. The molecule has 0 radical (unpaired) electrons. The summed E-state index contributed by atoms with van der Waals surface area (Å²) in [4.78, 5) is 11.4. The van der Waals surface area contributed by atoms with Crippen LogP contribution in [0.4, 0.5) is 0 Å². The van der Waals surface area contributed by atoms with Crippen LogP contribution in [0.3, 0.4) is 0 Å². The number of rotatable bonds is 4. The molecule has 96 valence electrons. The van der Waals surface area contributed by atoms with Crippen molar-refractivity contribution in [1.82, 2.24) is 0 Å². The summed E-state index contributed by atoms with van der Waals surface area (Å²) in [5, 5.41) is 8.94. The molecule has 0 bridgehead atoms. The van der Waals surface area contributed by atoms with Gasteiger partial charge in [0.25, 0.3) is 0 Å². The van der Waals surface area contributed by atoms with Crippen molar-refractivity contribution in [3.05, 3.63) is 0 Å². The Labute approximate surface area is 96.7 Å². The van der Waals surface area contributed by atoms with Gasteiger partial charge in [-0.25, -0.2) is 8.42 Å². The second-order valence-corrected chi connectivity index (χ2v) is 7.89. The zero-order valence-electron chi connectivity index (χ0n) is 10.4. The molecule has 5 nitrogen and oxygen atoms in total. The highest BCUT2D eigenvalue weighted by molar-refractivity contribution is 7.93. The largest absolute Gasteiger partial charge is 0.459 e. The number of hydrogen-bond donors (Lipinski definition) is 1. The van der Waals surface area contributed by atoms with Crippen molar-refractivity contribution in [1.29, 1.82) is 0 Å². The average molecular weight is 252 g/mol. The van der Waals surface area contributed by atoms with Crippen LogP contribution in [0.1, 0.15) is 34.6 Å². The standard InChI is InChI=1S/C10H20O5S/c1-9(2,3)15-8(12)6-16(13,14)10(4,5)7-11/h11H,6-7H2,1-5H3. The molecule has 0 heterocycles. The fourth-order valence-corrected chi connectivity index (χ4v) is 1.78. The van der Waals surface area contributed by atoms with Crippen molar-refractivity contribution >= 4 is 15.8 Å². The first-order valence-corrected chi connectivity index (χ1v) is 6.61. The quantitative estimate of drug-likeness (QED) is 0.737. The molecule has 0 fully saturated rings. The maximum atomic E-state index is 11.7. The second kappa shape index (κ2) is 4.71. The first-order valence-electron chi connectivity index (χ1n) is 4.96. The van der Waals surface area contributed by atoms with Crippen molar-refractivity contribution in [2.45, 2.75) is 45.0 Å². The maximum absolute atomic E-state index is 11.7. The van der Waals surface area contributed by atoms with Crippen molar-refractivity contribution in [3.8, 4) is 0 Å². The van der Waals surface area contributed by atoms with Crippen molar-refractivity contribution < 1.29 is 23.1 Å². The van der Waals surface area contributed by atoms with E-state index in [9.17, 15) is 13.2 Å². The topological polar surface area (TPSA) is 80.7 Å². The number of esters is 1. The Kier molecular flexibility index (Phi) is 4.53. The molecule has 0 saturated carbocycles. The van der Waals surface area contributed by atoms with E-state index < -0.39 is 38.5 Å². The Balaban J connectivity index is 4.70. The highest BCUT2D eigenvalue weighted by Crippen LogP contribution is 2.17. The van der Waals surface area contributed by atoms with Gasteiger partial charge < -0.3 is 9.84 Å². The summed E-state index contributed by atoms with van der Waals surface area (Å²) < 4.78 is 27.0. The number of carbonyl (C=O) groups excluding carboxylic acids is 1. The van der Waals surface area contributed by atoms with Crippen molar-refractivity contribution in [2.75, 3.05) is 12.4 Å². The summed E-state index contributed by atoms with van der Waals surface area (Å²) in [6.07, 6.45) is 0. The van der Waals surface area contributed by atoms with E-state index in [-0.39, 0.29) is 0 Å². The molecular weight excluding hydrogens is 232 g/mol. The van der Waals surface area contributed by atoms with Crippen LogP contribution in [0.25, 0.3) is 0 Å². The lowest BCUT2D eigenvalue weighted by atomic mass is 10.2. The molecule has 16 heavy (non-hydrogen) atoms. The van der Waals surface area contributed by atoms with Gasteiger partial charge in [0.2, 0.25) is 0 Å². The Bertz CT molecular complexity index is 348. The summed E-state index contributed by atoms with van der Waals surface area (Å²) >= 11 is 0. The van der Waals surface area contributed by atoms with Crippen LogP contribution in [0, 0.1) is 0 Å². The van der Waals surface area contributed by atoms with Gasteiger partial charge in [0.05, 0.1) is 11.4 Å². The van der Waals surface area contributed by atoms with E-state index in [0.717, 1.165) is 0 Å². The number of aliphatic hydroxyl groups is 1. The van der Waals surface area contributed by atoms with Gasteiger partial charge >= 0.3 is 5.97 Å². The number of carbonyl (C=O) groups is 1. The highest BCUT2D eigenvalue weighted by atomic mass is 32.2. The number of aliphatic hydroxyl groups excluding tert-OH is 1. The van der Waals surface area contributed by atoms with Crippen LogP contribution in [0.2, 0.25) is 0 Å². The fraction of sp³-hybridized carbons (Fsp3) is 0.900. The first kappa shape index (κ1) is 15.4. The second-order valence-electron chi connectivity index (χ2n) is 5.26.